The van der Waals surface area contributed by atoms with E-state index < -0.39 is 0 Å². The Morgan fingerprint density at radius 3 is 2.50 bits per heavy atom. The Bertz CT molecular complexity index is 197. The van der Waals surface area contributed by atoms with Crippen LogP contribution in [0.3, 0.4) is 0 Å². The molecule has 0 aromatic carbocycles. The third-order valence-corrected chi connectivity index (χ3v) is 3.08. The highest BCUT2D eigenvalue weighted by molar-refractivity contribution is 5.75. The van der Waals surface area contributed by atoms with Crippen LogP contribution >= 0.6 is 0 Å². The third-order valence-electron chi connectivity index (χ3n) is 3.08. The molecule has 1 N–H and O–H groups in total. The summed E-state index contributed by atoms with van der Waals surface area (Å²) in [5.41, 5.74) is 0.376. The molecule has 0 aromatic heterocycles. The van der Waals surface area contributed by atoms with Gasteiger partial charge in [-0.15, -0.1) is 0 Å². The Kier molecular flexibility index (Phi) is 3.93. The second-order valence-corrected chi connectivity index (χ2v) is 4.73. The van der Waals surface area contributed by atoms with E-state index in [0.29, 0.717) is 12.0 Å². The first kappa shape index (κ1) is 11.5. The van der Waals surface area contributed by atoms with Crippen LogP contribution in [-0.4, -0.2) is 37.0 Å². The van der Waals surface area contributed by atoms with E-state index in [1.165, 1.54) is 19.3 Å². The highest BCUT2D eigenvalue weighted by atomic mass is 16.2. The van der Waals surface area contributed by atoms with E-state index in [-0.39, 0.29) is 5.91 Å². The normalized spacial score (nSPS) is 18.8. The van der Waals surface area contributed by atoms with Gasteiger partial charge < -0.3 is 10.2 Å². The van der Waals surface area contributed by atoms with Crippen LogP contribution in [0.25, 0.3) is 0 Å². The summed E-state index contributed by atoms with van der Waals surface area (Å²) in [5.74, 6) is 0.227. The van der Waals surface area contributed by atoms with Gasteiger partial charge in [-0.2, -0.15) is 0 Å². The SMILES string of the molecule is CN(C)C(=O)CCCNC1(C)CCC1. The van der Waals surface area contributed by atoms with Gasteiger partial charge in [-0.3, -0.25) is 4.79 Å². The van der Waals surface area contributed by atoms with Crippen molar-refractivity contribution in [2.75, 3.05) is 20.6 Å². The van der Waals surface area contributed by atoms with Crippen LogP contribution in [0.5, 0.6) is 0 Å². The molecule has 0 saturated heterocycles. The minimum absolute atomic E-state index is 0.227. The van der Waals surface area contributed by atoms with Crippen molar-refractivity contribution >= 4 is 5.91 Å². The third kappa shape index (κ3) is 3.29. The number of amides is 1. The molecule has 0 aromatic rings. The Hall–Kier alpha value is -0.570. The zero-order valence-corrected chi connectivity index (χ0v) is 9.60. The number of nitrogens with one attached hydrogen (secondary N) is 1. The van der Waals surface area contributed by atoms with Gasteiger partial charge in [0.25, 0.3) is 0 Å². The average molecular weight is 198 g/mol. The van der Waals surface area contributed by atoms with E-state index in [1.54, 1.807) is 4.90 Å². The predicted molar refractivity (Wildman–Crippen MR) is 58.2 cm³/mol. The first-order valence-corrected chi connectivity index (χ1v) is 5.49. The molecule has 1 aliphatic rings. The minimum atomic E-state index is 0.227. The van der Waals surface area contributed by atoms with Crippen molar-refractivity contribution < 1.29 is 4.79 Å². The van der Waals surface area contributed by atoms with E-state index in [0.717, 1.165) is 13.0 Å². The first-order chi connectivity index (χ1) is 6.53. The van der Waals surface area contributed by atoms with Gasteiger partial charge in [0.2, 0.25) is 5.91 Å². The standard InChI is InChI=1S/C11H22N2O/c1-11(7-5-8-11)12-9-4-6-10(14)13(2)3/h12H,4-9H2,1-3H3. The molecule has 3 heteroatoms. The molecule has 1 aliphatic carbocycles. The number of hydrogen-bond acceptors (Lipinski definition) is 2. The summed E-state index contributed by atoms with van der Waals surface area (Å²) < 4.78 is 0. The maximum absolute atomic E-state index is 11.2. The zero-order chi connectivity index (χ0) is 10.6. The van der Waals surface area contributed by atoms with Crippen LogP contribution in [0.15, 0.2) is 0 Å². The molecule has 0 unspecified atom stereocenters. The van der Waals surface area contributed by atoms with Crippen LogP contribution in [0.2, 0.25) is 0 Å². The van der Waals surface area contributed by atoms with Crippen LogP contribution in [0.4, 0.5) is 0 Å². The number of carbonyl (C=O) groups excluding carboxylic acids is 1. The van der Waals surface area contributed by atoms with Gasteiger partial charge in [-0.05, 0) is 39.2 Å². The molecule has 14 heavy (non-hydrogen) atoms. The van der Waals surface area contributed by atoms with Gasteiger partial charge in [-0.1, -0.05) is 0 Å². The fourth-order valence-electron chi connectivity index (χ4n) is 1.74. The molecule has 1 rings (SSSR count). The lowest BCUT2D eigenvalue weighted by Gasteiger charge is -2.39. The smallest absolute Gasteiger partial charge is 0.222 e. The van der Waals surface area contributed by atoms with Crippen molar-refractivity contribution in [2.24, 2.45) is 0 Å². The highest BCUT2D eigenvalue weighted by Gasteiger charge is 2.30. The summed E-state index contributed by atoms with van der Waals surface area (Å²) in [7, 11) is 3.62. The van der Waals surface area contributed by atoms with Gasteiger partial charge in [0.05, 0.1) is 0 Å². The van der Waals surface area contributed by atoms with E-state index in [1.807, 2.05) is 14.1 Å². The van der Waals surface area contributed by atoms with Crippen LogP contribution < -0.4 is 5.32 Å². The van der Waals surface area contributed by atoms with Gasteiger partial charge in [0, 0.05) is 26.1 Å². The monoisotopic (exact) mass is 198 g/mol. The van der Waals surface area contributed by atoms with E-state index >= 15 is 0 Å². The predicted octanol–water partition coefficient (Wildman–Crippen LogP) is 1.39. The molecular formula is C11H22N2O. The summed E-state index contributed by atoms with van der Waals surface area (Å²) in [4.78, 5) is 12.9. The fraction of sp³-hybridized carbons (Fsp3) is 0.909. The molecule has 0 atom stereocenters. The quantitative estimate of drug-likeness (QED) is 0.677. The molecule has 0 radical (unpaired) electrons. The zero-order valence-electron chi connectivity index (χ0n) is 9.60. The molecular weight excluding hydrogens is 176 g/mol. The molecule has 1 amide bonds. The van der Waals surface area contributed by atoms with E-state index in [9.17, 15) is 4.79 Å². The van der Waals surface area contributed by atoms with Crippen LogP contribution in [-0.2, 0) is 4.79 Å². The van der Waals surface area contributed by atoms with Gasteiger partial charge in [-0.25, -0.2) is 0 Å². The highest BCUT2D eigenvalue weighted by Crippen LogP contribution is 2.30. The Morgan fingerprint density at radius 2 is 2.07 bits per heavy atom. The molecule has 82 valence electrons. The number of carbonyl (C=O) groups is 1. The molecule has 1 fully saturated rings. The lowest BCUT2D eigenvalue weighted by Crippen LogP contribution is -2.48. The maximum Gasteiger partial charge on any atom is 0.222 e. The summed E-state index contributed by atoms with van der Waals surface area (Å²) in [6, 6.07) is 0. The lowest BCUT2D eigenvalue weighted by atomic mass is 9.78. The average Bonchev–Trinajstić information content (AvgIpc) is 2.09. The number of hydrogen-bond donors (Lipinski definition) is 1. The van der Waals surface area contributed by atoms with E-state index in [2.05, 4.69) is 12.2 Å². The second kappa shape index (κ2) is 4.78. The van der Waals surface area contributed by atoms with Gasteiger partial charge >= 0.3 is 0 Å². The van der Waals surface area contributed by atoms with Crippen molar-refractivity contribution in [2.45, 2.75) is 44.6 Å². The Labute approximate surface area is 86.9 Å². The van der Waals surface area contributed by atoms with Gasteiger partial charge in [0.1, 0.15) is 0 Å². The maximum atomic E-state index is 11.2. The molecule has 0 bridgehead atoms. The number of rotatable bonds is 5. The topological polar surface area (TPSA) is 32.3 Å². The van der Waals surface area contributed by atoms with Crippen LogP contribution in [0.1, 0.15) is 39.0 Å². The Balaban J connectivity index is 2.02. The van der Waals surface area contributed by atoms with Gasteiger partial charge in [0.15, 0.2) is 0 Å². The summed E-state index contributed by atoms with van der Waals surface area (Å²) in [6.07, 6.45) is 5.53. The number of nitrogens with zero attached hydrogens (tertiary/aromatic N) is 1. The van der Waals surface area contributed by atoms with Crippen molar-refractivity contribution in [3.05, 3.63) is 0 Å². The molecule has 1 saturated carbocycles. The van der Waals surface area contributed by atoms with Crippen molar-refractivity contribution in [1.29, 1.82) is 0 Å². The summed E-state index contributed by atoms with van der Waals surface area (Å²) >= 11 is 0. The van der Waals surface area contributed by atoms with Crippen molar-refractivity contribution in [3.8, 4) is 0 Å². The van der Waals surface area contributed by atoms with Crippen molar-refractivity contribution in [3.63, 3.8) is 0 Å². The summed E-state index contributed by atoms with van der Waals surface area (Å²) in [6.45, 7) is 3.24. The molecule has 0 spiro atoms. The Morgan fingerprint density at radius 1 is 1.43 bits per heavy atom. The fourth-order valence-corrected chi connectivity index (χ4v) is 1.74. The molecule has 0 aliphatic heterocycles. The largest absolute Gasteiger partial charge is 0.349 e. The minimum Gasteiger partial charge on any atom is -0.349 e. The molecule has 0 heterocycles. The van der Waals surface area contributed by atoms with Crippen LogP contribution in [0, 0.1) is 0 Å². The lowest BCUT2D eigenvalue weighted by molar-refractivity contribution is -0.128. The van der Waals surface area contributed by atoms with Crippen molar-refractivity contribution in [1.82, 2.24) is 10.2 Å². The second-order valence-electron chi connectivity index (χ2n) is 4.73. The van der Waals surface area contributed by atoms with E-state index in [4.69, 9.17) is 0 Å². The first-order valence-electron chi connectivity index (χ1n) is 5.49. The summed E-state index contributed by atoms with van der Waals surface area (Å²) in [5, 5.41) is 3.52. The molecule has 3 nitrogen and oxygen atoms in total.